The number of aryl methyl sites for hydroxylation is 2. The third-order valence-corrected chi connectivity index (χ3v) is 24.1. The summed E-state index contributed by atoms with van der Waals surface area (Å²) >= 11 is -2.77. The zero-order valence-electron chi connectivity index (χ0n) is 29.7. The number of allylic oxidation sites excluding steroid dienone is 6. The van der Waals surface area contributed by atoms with E-state index in [1.54, 1.807) is 14.3 Å². The summed E-state index contributed by atoms with van der Waals surface area (Å²) in [5, 5.41) is 0. The minimum Gasteiger partial charge on any atom is -1.00 e. The summed E-state index contributed by atoms with van der Waals surface area (Å²) < 4.78 is 2.46. The summed E-state index contributed by atoms with van der Waals surface area (Å²) in [6.07, 6.45) is 18.3. The standard InChI is InChI=1S/C25H33.C15H14.C5H5.2ClH.Zr/c1-15-13-21-19-11-7-8-12-20(19)24-18-10-6-5-9-17(18)14-22(24)23(21)16(2)25(15,3)4;1-12-5-3-7-14(9-12)11-15-8-4-6-13(2)10-15;1-2-4-5-3-1;;;/h5-6,9-10,15,19-21,24H,7-8,11-14H2,1-4H3;3-10H,1-2H3;1-5H;2*1H;/q;;;;;+2/p-2. The molecule has 3 aromatic carbocycles. The van der Waals surface area contributed by atoms with Crippen molar-refractivity contribution in [2.75, 3.05) is 0 Å². The van der Waals surface area contributed by atoms with E-state index in [0.717, 1.165) is 17.8 Å². The molecule has 0 aromatic heterocycles. The van der Waals surface area contributed by atoms with Gasteiger partial charge in [0.25, 0.3) is 0 Å². The molecule has 2 saturated carbocycles. The van der Waals surface area contributed by atoms with E-state index < -0.39 is 21.3 Å². The van der Waals surface area contributed by atoms with Crippen LogP contribution in [0.1, 0.15) is 99.1 Å². The Hall–Kier alpha value is -1.79. The van der Waals surface area contributed by atoms with Gasteiger partial charge in [-0.3, -0.25) is 0 Å². The summed E-state index contributed by atoms with van der Waals surface area (Å²) in [5.41, 5.74) is 13.1. The predicted molar refractivity (Wildman–Crippen MR) is 192 cm³/mol. The molecule has 6 atom stereocenters. The van der Waals surface area contributed by atoms with E-state index in [1.807, 2.05) is 11.1 Å². The molecule has 5 aliphatic rings. The van der Waals surface area contributed by atoms with E-state index >= 15 is 0 Å². The van der Waals surface area contributed by atoms with Crippen molar-refractivity contribution in [3.63, 3.8) is 0 Å². The van der Waals surface area contributed by atoms with Crippen LogP contribution in [0, 0.1) is 42.9 Å². The molecule has 5 aliphatic carbocycles. The van der Waals surface area contributed by atoms with Crippen molar-refractivity contribution in [1.29, 1.82) is 0 Å². The Morgan fingerprint density at radius 1 is 0.750 bits per heavy atom. The maximum Gasteiger partial charge on any atom is -1.00 e. The molecule has 0 saturated heterocycles. The Morgan fingerprint density at radius 2 is 1.35 bits per heavy atom. The molecule has 0 nitrogen and oxygen atoms in total. The molecule has 0 bridgehead atoms. The van der Waals surface area contributed by atoms with Crippen LogP contribution >= 0.6 is 0 Å². The Kier molecular flexibility index (Phi) is 10.3. The first-order chi connectivity index (χ1) is 22.2. The maximum atomic E-state index is 2.85. The summed E-state index contributed by atoms with van der Waals surface area (Å²) in [6, 6.07) is 28.8. The van der Waals surface area contributed by atoms with Gasteiger partial charge in [-0.05, 0) is 0 Å². The molecule has 250 valence electrons. The van der Waals surface area contributed by atoms with Crippen LogP contribution in [-0.4, -0.2) is 3.21 Å². The minimum absolute atomic E-state index is 0. The Bertz CT molecular complexity index is 1760. The average Bonchev–Trinajstić information content (AvgIpc) is 3.71. The van der Waals surface area contributed by atoms with E-state index in [0.29, 0.717) is 15.5 Å². The minimum atomic E-state index is -2.77. The number of benzene rings is 3. The van der Waals surface area contributed by atoms with Crippen molar-refractivity contribution < 1.29 is 46.1 Å². The molecule has 6 unspecified atom stereocenters. The number of hydrogen-bond donors (Lipinski definition) is 0. The van der Waals surface area contributed by atoms with Gasteiger partial charge in [0, 0.05) is 0 Å². The Morgan fingerprint density at radius 3 is 1.98 bits per heavy atom. The molecule has 2 fully saturated rings. The molecular formula is C45H52Cl2Zr. The zero-order valence-corrected chi connectivity index (χ0v) is 33.7. The van der Waals surface area contributed by atoms with Crippen LogP contribution in [0.15, 0.2) is 108 Å². The van der Waals surface area contributed by atoms with Crippen molar-refractivity contribution >= 4 is 3.21 Å². The topological polar surface area (TPSA) is 0 Å². The first-order valence-electron chi connectivity index (χ1n) is 18.2. The van der Waals surface area contributed by atoms with E-state index in [-0.39, 0.29) is 33.4 Å². The second-order valence-corrected chi connectivity index (χ2v) is 23.7. The number of hydrogen-bond acceptors (Lipinski definition) is 0. The van der Waals surface area contributed by atoms with Gasteiger partial charge in [-0.1, -0.05) is 0 Å². The zero-order chi connectivity index (χ0) is 31.8. The second-order valence-electron chi connectivity index (χ2n) is 16.3. The van der Waals surface area contributed by atoms with Crippen LogP contribution in [0.3, 0.4) is 0 Å². The number of fused-ring (bicyclic) bond motifs is 7. The van der Waals surface area contributed by atoms with Crippen LogP contribution < -0.4 is 24.8 Å². The molecule has 0 aliphatic heterocycles. The third kappa shape index (κ3) is 5.53. The van der Waals surface area contributed by atoms with Gasteiger partial charge in [-0.25, -0.2) is 0 Å². The van der Waals surface area contributed by atoms with Crippen LogP contribution in [0.4, 0.5) is 0 Å². The molecule has 0 spiro atoms. The smallest absolute Gasteiger partial charge is 1.00 e. The van der Waals surface area contributed by atoms with Gasteiger partial charge in [-0.15, -0.1) is 0 Å². The summed E-state index contributed by atoms with van der Waals surface area (Å²) in [4.78, 5) is 0. The fourth-order valence-corrected chi connectivity index (χ4v) is 22.6. The average molecular weight is 755 g/mol. The van der Waals surface area contributed by atoms with Gasteiger partial charge < -0.3 is 24.8 Å². The Labute approximate surface area is 310 Å². The normalized spacial score (nSPS) is 29.4. The number of rotatable bonds is 4. The van der Waals surface area contributed by atoms with Gasteiger partial charge in [0.05, 0.1) is 0 Å². The van der Waals surface area contributed by atoms with Crippen molar-refractivity contribution in [1.82, 2.24) is 0 Å². The second kappa shape index (κ2) is 13.7. The molecule has 3 aromatic rings. The van der Waals surface area contributed by atoms with Gasteiger partial charge in [0.2, 0.25) is 0 Å². The fraction of sp³-hybridized carbons (Fsp3) is 0.444. The summed E-state index contributed by atoms with van der Waals surface area (Å²) in [7, 11) is 0. The first-order valence-corrected chi connectivity index (χ1v) is 22.1. The fourth-order valence-electron chi connectivity index (χ4n) is 11.3. The largest absolute Gasteiger partial charge is 1.00 e. The molecule has 0 radical (unpaired) electrons. The molecule has 3 heteroatoms. The van der Waals surface area contributed by atoms with E-state index in [2.05, 4.69) is 139 Å². The van der Waals surface area contributed by atoms with Gasteiger partial charge in [-0.2, -0.15) is 0 Å². The van der Waals surface area contributed by atoms with Gasteiger partial charge in [0.15, 0.2) is 0 Å². The molecule has 48 heavy (non-hydrogen) atoms. The van der Waals surface area contributed by atoms with Crippen molar-refractivity contribution in [3.8, 4) is 0 Å². The quantitative estimate of drug-likeness (QED) is 0.299. The van der Waals surface area contributed by atoms with Crippen molar-refractivity contribution in [2.45, 2.75) is 92.7 Å². The van der Waals surface area contributed by atoms with Crippen LogP contribution in [0.5, 0.6) is 0 Å². The SMILES string of the molecule is Cc1cccc([C](c2cccc(C)c2)=[Zr+2]([CH]2C=CC=C2)[C]2(C)C3=C4Cc5ccccc5C4C4CCCCC4C3CC(C)C2(C)C)c1.[Cl-].[Cl-]. The maximum absolute atomic E-state index is 2.85. The molecule has 0 amide bonds. The molecule has 0 heterocycles. The molecule has 8 rings (SSSR count). The summed E-state index contributed by atoms with van der Waals surface area (Å²) in [5.74, 6) is 3.73. The van der Waals surface area contributed by atoms with E-state index in [4.69, 9.17) is 0 Å². The summed E-state index contributed by atoms with van der Waals surface area (Å²) in [6.45, 7) is 15.5. The first kappa shape index (κ1) is 36.0. The van der Waals surface area contributed by atoms with E-state index in [9.17, 15) is 0 Å². The number of halogens is 2. The monoisotopic (exact) mass is 752 g/mol. The van der Waals surface area contributed by atoms with Crippen molar-refractivity contribution in [2.24, 2.45) is 29.1 Å². The van der Waals surface area contributed by atoms with Gasteiger partial charge >= 0.3 is 288 Å². The Balaban J connectivity index is 0.00000201. The van der Waals surface area contributed by atoms with Crippen LogP contribution in [-0.2, 0) is 27.7 Å². The third-order valence-electron chi connectivity index (χ3n) is 13.9. The van der Waals surface area contributed by atoms with Crippen LogP contribution in [0.2, 0.25) is 6.75 Å². The van der Waals surface area contributed by atoms with Crippen molar-refractivity contribution in [3.05, 3.63) is 142 Å². The van der Waals surface area contributed by atoms with E-state index in [1.165, 1.54) is 60.8 Å². The predicted octanol–water partition coefficient (Wildman–Crippen LogP) is 5.73. The molecular weight excluding hydrogens is 703 g/mol. The molecule has 0 N–H and O–H groups in total. The van der Waals surface area contributed by atoms with Crippen LogP contribution in [0.25, 0.3) is 0 Å². The van der Waals surface area contributed by atoms with Gasteiger partial charge in [0.1, 0.15) is 0 Å².